The maximum Gasteiger partial charge on any atom is 0.335 e. The van der Waals surface area contributed by atoms with Crippen molar-refractivity contribution in [3.63, 3.8) is 0 Å². The van der Waals surface area contributed by atoms with E-state index in [-0.39, 0.29) is 11.2 Å². The zero-order chi connectivity index (χ0) is 42.1. The predicted molar refractivity (Wildman–Crippen MR) is 241 cm³/mol. The Balaban J connectivity index is 0.000000179. The summed E-state index contributed by atoms with van der Waals surface area (Å²) in [4.78, 5) is 30.2. The molecule has 0 bridgehead atoms. The molecule has 2 aliphatic heterocycles. The molecule has 6 aromatic rings. The fourth-order valence-electron chi connectivity index (χ4n) is 9.69. The van der Waals surface area contributed by atoms with Gasteiger partial charge in [-0.25, -0.2) is 4.79 Å². The van der Waals surface area contributed by atoms with E-state index < -0.39 is 5.97 Å². The number of benzene rings is 4. The number of aromatic carboxylic acids is 1. The lowest BCUT2D eigenvalue weighted by Crippen LogP contribution is -2.35. The van der Waals surface area contributed by atoms with Gasteiger partial charge in [0.05, 0.1) is 41.2 Å². The standard InChI is InChI=1S/C26H31NO3.C26H31NO2/c1-5-12-26(6-2)24-20(11-13-30-26)22-15-19(16(3)4)14-21(23(22)27-24)17-7-9-18(10-8-17)25(28)29;1-5-11-26(6-2)25-21(10-12-29-26)23-15-20(17(3)4)14-22(24(23)27-25)19-9-7-8-18(13-19)16-28/h7-10,14-16,27H,5-6,11-13H2,1-4H3,(H,28,29);7-9,13-17,27H,5-6,10-12H2,1-4H3. The van der Waals surface area contributed by atoms with Crippen molar-refractivity contribution in [2.24, 2.45) is 0 Å². The Hall–Kier alpha value is -4.98. The minimum absolute atomic E-state index is 0.221. The van der Waals surface area contributed by atoms with Crippen molar-refractivity contribution in [2.45, 2.75) is 130 Å². The summed E-state index contributed by atoms with van der Waals surface area (Å²) in [6, 6.07) is 24.3. The van der Waals surface area contributed by atoms with Crippen molar-refractivity contribution in [2.75, 3.05) is 13.2 Å². The number of ether oxygens (including phenoxy) is 2. The minimum Gasteiger partial charge on any atom is -0.478 e. The van der Waals surface area contributed by atoms with Gasteiger partial charge in [0.15, 0.2) is 0 Å². The van der Waals surface area contributed by atoms with Crippen LogP contribution in [-0.2, 0) is 33.5 Å². The van der Waals surface area contributed by atoms with Gasteiger partial charge in [-0.05, 0) is 126 Å². The van der Waals surface area contributed by atoms with E-state index in [1.807, 2.05) is 30.3 Å². The van der Waals surface area contributed by atoms with Gasteiger partial charge >= 0.3 is 5.97 Å². The molecule has 8 rings (SSSR count). The highest BCUT2D eigenvalue weighted by Crippen LogP contribution is 2.46. The van der Waals surface area contributed by atoms with Crippen LogP contribution >= 0.6 is 0 Å². The average molecular weight is 795 g/mol. The Morgan fingerprint density at radius 3 is 1.61 bits per heavy atom. The number of aldehydes is 1. The molecule has 7 nitrogen and oxygen atoms in total. The Bertz CT molecular complexity index is 2470. The van der Waals surface area contributed by atoms with E-state index in [1.54, 1.807) is 12.1 Å². The predicted octanol–water partition coefficient (Wildman–Crippen LogP) is 13.4. The lowest BCUT2D eigenvalue weighted by Gasteiger charge is -2.36. The fraction of sp³-hybridized carbons (Fsp3) is 0.423. The summed E-state index contributed by atoms with van der Waals surface area (Å²) in [6.07, 6.45) is 8.88. The first-order valence-electron chi connectivity index (χ1n) is 22.0. The second kappa shape index (κ2) is 17.3. The monoisotopic (exact) mass is 794 g/mol. The van der Waals surface area contributed by atoms with Gasteiger partial charge in [-0.3, -0.25) is 4.79 Å². The van der Waals surface area contributed by atoms with Crippen LogP contribution in [0.1, 0.15) is 160 Å². The number of rotatable bonds is 12. The first-order chi connectivity index (χ1) is 28.4. The van der Waals surface area contributed by atoms with Crippen molar-refractivity contribution in [3.05, 3.63) is 118 Å². The number of carbonyl (C=O) groups is 2. The average Bonchev–Trinajstić information content (AvgIpc) is 3.83. The maximum absolute atomic E-state index is 11.4. The van der Waals surface area contributed by atoms with Crippen LogP contribution in [0, 0.1) is 0 Å². The largest absolute Gasteiger partial charge is 0.478 e. The number of carbonyl (C=O) groups excluding carboxylic acids is 1. The Labute approximate surface area is 349 Å². The van der Waals surface area contributed by atoms with Gasteiger partial charge < -0.3 is 24.5 Å². The third kappa shape index (κ3) is 7.80. The second-order valence-electron chi connectivity index (χ2n) is 17.3. The van der Waals surface area contributed by atoms with E-state index in [4.69, 9.17) is 9.47 Å². The van der Waals surface area contributed by atoms with E-state index in [0.717, 1.165) is 93.1 Å². The molecule has 2 atom stereocenters. The lowest BCUT2D eigenvalue weighted by molar-refractivity contribution is -0.0725. The molecular formula is C52H62N2O5. The van der Waals surface area contributed by atoms with Gasteiger partial charge in [0.1, 0.15) is 17.5 Å². The second-order valence-corrected chi connectivity index (χ2v) is 17.3. The Morgan fingerprint density at radius 1 is 0.695 bits per heavy atom. The van der Waals surface area contributed by atoms with E-state index in [9.17, 15) is 14.7 Å². The number of carboxylic acids is 1. The highest BCUT2D eigenvalue weighted by atomic mass is 16.5. The number of hydrogen-bond acceptors (Lipinski definition) is 4. The van der Waals surface area contributed by atoms with E-state index >= 15 is 0 Å². The van der Waals surface area contributed by atoms with Gasteiger partial charge in [0.2, 0.25) is 0 Å². The van der Waals surface area contributed by atoms with Crippen LogP contribution in [0.25, 0.3) is 44.1 Å². The summed E-state index contributed by atoms with van der Waals surface area (Å²) in [5.74, 6) is -0.0600. The van der Waals surface area contributed by atoms with Gasteiger partial charge in [-0.1, -0.05) is 98.6 Å². The van der Waals surface area contributed by atoms with Crippen LogP contribution in [0.15, 0.2) is 72.8 Å². The van der Waals surface area contributed by atoms with Gasteiger partial charge in [0.25, 0.3) is 0 Å². The zero-order valence-electron chi connectivity index (χ0n) is 36.3. The molecule has 2 unspecified atom stereocenters. The Morgan fingerprint density at radius 2 is 1.19 bits per heavy atom. The van der Waals surface area contributed by atoms with Crippen molar-refractivity contribution < 1.29 is 24.2 Å². The summed E-state index contributed by atoms with van der Waals surface area (Å²) >= 11 is 0. The summed E-state index contributed by atoms with van der Waals surface area (Å²) in [7, 11) is 0. The molecule has 0 saturated carbocycles. The summed E-state index contributed by atoms with van der Waals surface area (Å²) < 4.78 is 12.8. The highest BCUT2D eigenvalue weighted by Gasteiger charge is 2.40. The minimum atomic E-state index is -0.901. The first kappa shape index (κ1) is 42.2. The number of H-pyrrole nitrogens is 2. The molecule has 3 N–H and O–H groups in total. The third-order valence-corrected chi connectivity index (χ3v) is 13.0. The number of hydrogen-bond donors (Lipinski definition) is 3. The first-order valence-corrected chi connectivity index (χ1v) is 22.0. The van der Waals surface area contributed by atoms with E-state index in [0.29, 0.717) is 23.0 Å². The molecule has 0 aliphatic carbocycles. The molecular weight excluding hydrogens is 733 g/mol. The quantitative estimate of drug-likeness (QED) is 0.107. The molecule has 2 aliphatic rings. The fourth-order valence-corrected chi connectivity index (χ4v) is 9.69. The van der Waals surface area contributed by atoms with Gasteiger partial charge in [-0.15, -0.1) is 0 Å². The third-order valence-electron chi connectivity index (χ3n) is 13.0. The van der Waals surface area contributed by atoms with Gasteiger partial charge in [0, 0.05) is 27.5 Å². The summed E-state index contributed by atoms with van der Waals surface area (Å²) in [5, 5.41) is 11.9. The molecule has 0 saturated heterocycles. The summed E-state index contributed by atoms with van der Waals surface area (Å²) in [6.45, 7) is 19.3. The highest BCUT2D eigenvalue weighted by molar-refractivity contribution is 6.00. The molecule has 2 aromatic heterocycles. The zero-order valence-corrected chi connectivity index (χ0v) is 36.3. The molecule has 310 valence electrons. The van der Waals surface area contributed by atoms with Crippen LogP contribution in [0.2, 0.25) is 0 Å². The molecule has 7 heteroatoms. The SMILES string of the molecule is CCCC1(CC)OCCc2c1[nH]c1c(-c3ccc(C(=O)O)cc3)cc(C(C)C)cc21.CCCC1(CC)OCCc2c1[nH]c1c(-c3cccc(C=O)c3)cc(C(C)C)cc21. The number of aromatic nitrogens is 2. The molecule has 0 fully saturated rings. The molecule has 0 amide bonds. The van der Waals surface area contributed by atoms with Crippen molar-refractivity contribution >= 4 is 34.1 Å². The topological polar surface area (TPSA) is 104 Å². The van der Waals surface area contributed by atoms with Crippen LogP contribution in [0.5, 0.6) is 0 Å². The number of nitrogens with one attached hydrogen (secondary N) is 2. The number of carboxylic acid groups (broad SMARTS) is 1. The van der Waals surface area contributed by atoms with Crippen LogP contribution < -0.4 is 0 Å². The van der Waals surface area contributed by atoms with Gasteiger partial charge in [-0.2, -0.15) is 0 Å². The maximum atomic E-state index is 11.4. The van der Waals surface area contributed by atoms with Crippen molar-refractivity contribution in [3.8, 4) is 22.3 Å². The van der Waals surface area contributed by atoms with Crippen molar-refractivity contribution in [1.29, 1.82) is 0 Å². The van der Waals surface area contributed by atoms with Crippen LogP contribution in [0.4, 0.5) is 0 Å². The molecule has 59 heavy (non-hydrogen) atoms. The van der Waals surface area contributed by atoms with Crippen LogP contribution in [-0.4, -0.2) is 40.5 Å². The smallest absolute Gasteiger partial charge is 0.335 e. The Kier molecular flexibility index (Phi) is 12.4. The van der Waals surface area contributed by atoms with Crippen LogP contribution in [0.3, 0.4) is 0 Å². The van der Waals surface area contributed by atoms with Crippen molar-refractivity contribution in [1.82, 2.24) is 9.97 Å². The molecule has 4 heterocycles. The number of aromatic amines is 2. The normalized spacial score (nSPS) is 18.8. The molecule has 0 spiro atoms. The lowest BCUT2D eigenvalue weighted by atomic mass is 9.85. The van der Waals surface area contributed by atoms with E-state index in [1.165, 1.54) is 55.5 Å². The molecule has 4 aromatic carbocycles. The van der Waals surface area contributed by atoms with E-state index in [2.05, 4.69) is 95.7 Å². The number of fused-ring (bicyclic) bond motifs is 6. The molecule has 0 radical (unpaired) electrons. The summed E-state index contributed by atoms with van der Waals surface area (Å²) in [5.41, 5.74) is 15.2.